The molecule has 8 heteroatoms. The molecule has 1 atom stereocenters. The van der Waals surface area contributed by atoms with E-state index in [1.807, 2.05) is 30.3 Å². The summed E-state index contributed by atoms with van der Waals surface area (Å²) in [6.45, 7) is -0.00118. The molecule has 1 aromatic carbocycles. The van der Waals surface area contributed by atoms with Crippen molar-refractivity contribution in [3.63, 3.8) is 0 Å². The molecule has 0 aliphatic rings. The normalized spacial score (nSPS) is 11.8. The van der Waals surface area contributed by atoms with Crippen LogP contribution >= 0.6 is 0 Å². The van der Waals surface area contributed by atoms with Gasteiger partial charge >= 0.3 is 5.97 Å². The number of carbonyl (C=O) groups is 3. The quantitative estimate of drug-likeness (QED) is 0.341. The van der Waals surface area contributed by atoms with Gasteiger partial charge in [-0.05, 0) is 31.4 Å². The summed E-state index contributed by atoms with van der Waals surface area (Å²) >= 11 is 0. The summed E-state index contributed by atoms with van der Waals surface area (Å²) < 4.78 is 0. The van der Waals surface area contributed by atoms with Gasteiger partial charge in [0.25, 0.3) is 0 Å². The number of hydrogen-bond donors (Lipinski definition) is 5. The number of carboxylic acid groups (broad SMARTS) is 1. The van der Waals surface area contributed by atoms with Crippen LogP contribution in [0, 0.1) is 6.04 Å². The first-order chi connectivity index (χ1) is 11.9. The summed E-state index contributed by atoms with van der Waals surface area (Å²) in [5.41, 5.74) is 12.0. The topological polar surface area (TPSA) is 148 Å². The second-order valence-corrected chi connectivity index (χ2v) is 5.60. The highest BCUT2D eigenvalue weighted by Gasteiger charge is 2.24. The predicted octanol–water partition coefficient (Wildman–Crippen LogP) is -0.466. The van der Waals surface area contributed by atoms with Crippen molar-refractivity contribution in [3.05, 3.63) is 41.9 Å². The Labute approximate surface area is 147 Å². The minimum Gasteiger partial charge on any atom is -0.480 e. The van der Waals surface area contributed by atoms with E-state index in [2.05, 4.69) is 10.6 Å². The van der Waals surface area contributed by atoms with Crippen molar-refractivity contribution >= 4 is 17.8 Å². The number of amides is 2. The number of nitrogens with one attached hydrogen (secondary N) is 2. The molecule has 0 fully saturated rings. The number of rotatable bonds is 11. The number of nitrogens with two attached hydrogens (primary N) is 2. The largest absolute Gasteiger partial charge is 0.480 e. The third-order valence-corrected chi connectivity index (χ3v) is 3.51. The molecule has 1 aromatic rings. The molecule has 0 saturated heterocycles. The fourth-order valence-corrected chi connectivity index (χ4v) is 2.17. The van der Waals surface area contributed by atoms with E-state index in [0.717, 1.165) is 12.0 Å². The van der Waals surface area contributed by atoms with Gasteiger partial charge in [-0.2, -0.15) is 0 Å². The summed E-state index contributed by atoms with van der Waals surface area (Å²) in [5, 5.41) is 13.5. The minimum absolute atomic E-state index is 0.123. The molecule has 0 heterocycles. The Morgan fingerprint density at radius 1 is 1.12 bits per heavy atom. The summed E-state index contributed by atoms with van der Waals surface area (Å²) in [6.07, 6.45) is 2.05. The average Bonchev–Trinajstić information content (AvgIpc) is 2.60. The molecule has 7 N–H and O–H groups in total. The van der Waals surface area contributed by atoms with Crippen LogP contribution in [0.5, 0.6) is 0 Å². The van der Waals surface area contributed by atoms with Gasteiger partial charge in [0.15, 0.2) is 0 Å². The van der Waals surface area contributed by atoms with E-state index in [-0.39, 0.29) is 12.5 Å². The van der Waals surface area contributed by atoms with Crippen molar-refractivity contribution < 1.29 is 19.5 Å². The third-order valence-electron chi connectivity index (χ3n) is 3.51. The Bertz CT molecular complexity index is 565. The fraction of sp³-hybridized carbons (Fsp3) is 0.412. The van der Waals surface area contributed by atoms with Crippen LogP contribution in [0.1, 0.15) is 24.8 Å². The SMILES string of the molecule is NCCCC[C](N)C(=O)NC(Cc1ccccc1)C(=O)NCC(=O)O. The minimum atomic E-state index is -1.16. The van der Waals surface area contributed by atoms with Gasteiger partial charge < -0.3 is 27.2 Å². The van der Waals surface area contributed by atoms with Gasteiger partial charge in [0.05, 0.1) is 0 Å². The summed E-state index contributed by atoms with van der Waals surface area (Å²) in [4.78, 5) is 35.0. The van der Waals surface area contributed by atoms with E-state index < -0.39 is 30.4 Å². The lowest BCUT2D eigenvalue weighted by Crippen LogP contribution is -2.51. The summed E-state index contributed by atoms with van der Waals surface area (Å²) in [7, 11) is 0. The first-order valence-corrected chi connectivity index (χ1v) is 8.09. The standard InChI is InChI=1S/C17H25N4O4/c18-9-5-4-8-13(19)16(24)21-14(17(25)20-11-15(22)23)10-12-6-2-1-3-7-12/h1-3,6-7,14H,4-5,8-11,18-19H2,(H,20,25)(H,21,24)(H,22,23). The average molecular weight is 349 g/mol. The first kappa shape index (κ1) is 20.6. The van der Waals surface area contributed by atoms with Crippen molar-refractivity contribution in [2.45, 2.75) is 31.7 Å². The fourth-order valence-electron chi connectivity index (χ4n) is 2.17. The molecule has 0 bridgehead atoms. The smallest absolute Gasteiger partial charge is 0.322 e. The maximum Gasteiger partial charge on any atom is 0.322 e. The van der Waals surface area contributed by atoms with E-state index in [0.29, 0.717) is 19.4 Å². The zero-order chi connectivity index (χ0) is 18.7. The molecule has 1 radical (unpaired) electrons. The Balaban J connectivity index is 2.70. The number of unbranched alkanes of at least 4 members (excludes halogenated alkanes) is 1. The molecule has 0 aromatic heterocycles. The maximum atomic E-state index is 12.2. The van der Waals surface area contributed by atoms with E-state index >= 15 is 0 Å². The van der Waals surface area contributed by atoms with Crippen molar-refractivity contribution in [2.75, 3.05) is 13.1 Å². The Kier molecular flexibility index (Phi) is 9.20. The second-order valence-electron chi connectivity index (χ2n) is 5.60. The lowest BCUT2D eigenvalue weighted by atomic mass is 10.0. The van der Waals surface area contributed by atoms with Crippen LogP contribution in [0.15, 0.2) is 30.3 Å². The van der Waals surface area contributed by atoms with Crippen molar-refractivity contribution in [2.24, 2.45) is 11.5 Å². The molecular formula is C17H25N4O4. The Morgan fingerprint density at radius 2 is 1.80 bits per heavy atom. The van der Waals surface area contributed by atoms with Crippen LogP contribution in [0.2, 0.25) is 0 Å². The Hall–Kier alpha value is -2.45. The zero-order valence-electron chi connectivity index (χ0n) is 14.0. The highest BCUT2D eigenvalue weighted by Crippen LogP contribution is 2.07. The number of benzene rings is 1. The van der Waals surface area contributed by atoms with Crippen LogP contribution in [-0.2, 0) is 20.8 Å². The second kappa shape index (κ2) is 11.2. The molecule has 1 unspecified atom stereocenters. The molecule has 0 spiro atoms. The van der Waals surface area contributed by atoms with Gasteiger partial charge in [0.1, 0.15) is 18.6 Å². The predicted molar refractivity (Wildman–Crippen MR) is 93.1 cm³/mol. The Morgan fingerprint density at radius 3 is 2.40 bits per heavy atom. The van der Waals surface area contributed by atoms with Crippen molar-refractivity contribution in [3.8, 4) is 0 Å². The molecular weight excluding hydrogens is 324 g/mol. The van der Waals surface area contributed by atoms with Crippen LogP contribution in [0.25, 0.3) is 0 Å². The van der Waals surface area contributed by atoms with Crippen molar-refractivity contribution in [1.82, 2.24) is 10.6 Å². The lowest BCUT2D eigenvalue weighted by Gasteiger charge is -2.20. The van der Waals surface area contributed by atoms with E-state index in [4.69, 9.17) is 16.6 Å². The third kappa shape index (κ3) is 8.27. The van der Waals surface area contributed by atoms with E-state index in [1.165, 1.54) is 0 Å². The highest BCUT2D eigenvalue weighted by molar-refractivity contribution is 5.94. The van der Waals surface area contributed by atoms with Gasteiger partial charge in [-0.25, -0.2) is 0 Å². The molecule has 0 aliphatic heterocycles. The van der Waals surface area contributed by atoms with E-state index in [9.17, 15) is 14.4 Å². The van der Waals surface area contributed by atoms with E-state index in [1.54, 1.807) is 0 Å². The molecule has 25 heavy (non-hydrogen) atoms. The number of aliphatic carboxylic acids is 1. The molecule has 8 nitrogen and oxygen atoms in total. The number of carbonyl (C=O) groups excluding carboxylic acids is 2. The molecule has 0 aliphatic carbocycles. The van der Waals surface area contributed by atoms with Crippen LogP contribution < -0.4 is 22.1 Å². The van der Waals surface area contributed by atoms with Gasteiger partial charge in [-0.1, -0.05) is 30.3 Å². The summed E-state index contributed by atoms with van der Waals surface area (Å²) in [6, 6.07) is 8.31. The van der Waals surface area contributed by atoms with Crippen LogP contribution in [0.3, 0.4) is 0 Å². The first-order valence-electron chi connectivity index (χ1n) is 8.09. The molecule has 0 saturated carbocycles. The highest BCUT2D eigenvalue weighted by atomic mass is 16.4. The van der Waals surface area contributed by atoms with Gasteiger partial charge in [0, 0.05) is 6.42 Å². The lowest BCUT2D eigenvalue weighted by molar-refractivity contribution is -0.138. The van der Waals surface area contributed by atoms with Gasteiger partial charge in [0.2, 0.25) is 11.8 Å². The number of hydrogen-bond acceptors (Lipinski definition) is 5. The summed E-state index contributed by atoms with van der Waals surface area (Å²) in [5.74, 6) is -2.26. The monoisotopic (exact) mass is 349 g/mol. The van der Waals surface area contributed by atoms with Crippen molar-refractivity contribution in [1.29, 1.82) is 0 Å². The zero-order valence-corrected chi connectivity index (χ0v) is 14.0. The van der Waals surface area contributed by atoms with Gasteiger partial charge in [-0.15, -0.1) is 0 Å². The number of carboxylic acids is 1. The van der Waals surface area contributed by atoms with Crippen LogP contribution in [-0.4, -0.2) is 42.0 Å². The van der Waals surface area contributed by atoms with Gasteiger partial charge in [-0.3, -0.25) is 14.4 Å². The molecule has 1 rings (SSSR count). The van der Waals surface area contributed by atoms with Crippen LogP contribution in [0.4, 0.5) is 0 Å². The molecule has 137 valence electrons. The molecule has 2 amide bonds. The maximum absolute atomic E-state index is 12.2.